The number of nitrogens with two attached hydrogens (primary N) is 1. The first-order valence-corrected chi connectivity index (χ1v) is 6.15. The molecule has 0 aromatic heterocycles. The fourth-order valence-corrected chi connectivity index (χ4v) is 4.79. The predicted molar refractivity (Wildman–Crippen MR) is 47.5 cm³/mol. The lowest BCUT2D eigenvalue weighted by atomic mass is 10.0. The quantitative estimate of drug-likeness (QED) is 0.645. The molecule has 2 N–H and O–H groups in total. The van der Waals surface area contributed by atoms with Crippen LogP contribution in [0.15, 0.2) is 0 Å². The molecule has 2 rings (SSSR count). The first-order chi connectivity index (χ1) is 5.47. The van der Waals surface area contributed by atoms with Gasteiger partial charge in [0.25, 0.3) is 0 Å². The van der Waals surface area contributed by atoms with E-state index in [1.54, 1.807) is 0 Å². The molecule has 2 fully saturated rings. The maximum atomic E-state index is 11.5. The van der Waals surface area contributed by atoms with E-state index >= 15 is 0 Å². The average Bonchev–Trinajstić information content (AvgIpc) is 2.40. The molecule has 3 atom stereocenters. The number of rotatable bonds is 1. The predicted octanol–water partition coefficient (Wildman–Crippen LogP) is 0.301. The number of sulfone groups is 1. The lowest BCUT2D eigenvalue weighted by molar-refractivity contribution is 0.477. The minimum absolute atomic E-state index is 0.0880. The van der Waals surface area contributed by atoms with Crippen molar-refractivity contribution in [2.45, 2.75) is 37.5 Å². The van der Waals surface area contributed by atoms with Gasteiger partial charge in [-0.25, -0.2) is 8.42 Å². The zero-order valence-corrected chi connectivity index (χ0v) is 8.10. The van der Waals surface area contributed by atoms with E-state index in [9.17, 15) is 8.42 Å². The van der Waals surface area contributed by atoms with Crippen molar-refractivity contribution in [2.24, 2.45) is 11.1 Å². The van der Waals surface area contributed by atoms with E-state index in [4.69, 9.17) is 5.73 Å². The van der Waals surface area contributed by atoms with Crippen LogP contribution in [0.5, 0.6) is 0 Å². The molecule has 1 aliphatic heterocycles. The van der Waals surface area contributed by atoms with Gasteiger partial charge in [-0.15, -0.1) is 0 Å². The standard InChI is InChI=1S/C8H15NO2S/c1-8(5-6(8)9)7-3-2-4-12(7,10)11/h6-7H,2-5,9H2,1H3/t6-,7?,8-/m0/s1. The normalized spacial score (nSPS) is 50.8. The highest BCUT2D eigenvalue weighted by molar-refractivity contribution is 7.92. The van der Waals surface area contributed by atoms with Crippen molar-refractivity contribution in [3.63, 3.8) is 0 Å². The van der Waals surface area contributed by atoms with Crippen LogP contribution in [0, 0.1) is 5.41 Å². The van der Waals surface area contributed by atoms with Gasteiger partial charge in [-0.05, 0) is 19.3 Å². The fourth-order valence-electron chi connectivity index (χ4n) is 2.32. The van der Waals surface area contributed by atoms with Gasteiger partial charge in [0, 0.05) is 11.5 Å². The molecular weight excluding hydrogens is 174 g/mol. The maximum absolute atomic E-state index is 11.5. The molecule has 1 saturated heterocycles. The van der Waals surface area contributed by atoms with Crippen LogP contribution in [0.2, 0.25) is 0 Å². The van der Waals surface area contributed by atoms with Crippen molar-refractivity contribution in [2.75, 3.05) is 5.75 Å². The van der Waals surface area contributed by atoms with Crippen molar-refractivity contribution in [3.05, 3.63) is 0 Å². The Morgan fingerprint density at radius 3 is 2.42 bits per heavy atom. The third kappa shape index (κ3) is 1.01. The Morgan fingerprint density at radius 1 is 1.50 bits per heavy atom. The molecule has 12 heavy (non-hydrogen) atoms. The third-order valence-electron chi connectivity index (χ3n) is 3.41. The van der Waals surface area contributed by atoms with E-state index in [1.807, 2.05) is 6.92 Å². The van der Waals surface area contributed by atoms with Crippen LogP contribution in [0.3, 0.4) is 0 Å². The van der Waals surface area contributed by atoms with Crippen molar-refractivity contribution in [3.8, 4) is 0 Å². The van der Waals surface area contributed by atoms with Crippen molar-refractivity contribution in [1.82, 2.24) is 0 Å². The van der Waals surface area contributed by atoms with Crippen molar-refractivity contribution >= 4 is 9.84 Å². The third-order valence-corrected chi connectivity index (χ3v) is 5.91. The smallest absolute Gasteiger partial charge is 0.153 e. The van der Waals surface area contributed by atoms with E-state index in [1.165, 1.54) is 0 Å². The molecular formula is C8H15NO2S. The summed E-state index contributed by atoms with van der Waals surface area (Å²) in [6.45, 7) is 2.01. The lowest BCUT2D eigenvalue weighted by Crippen LogP contribution is -2.30. The molecule has 0 radical (unpaired) electrons. The van der Waals surface area contributed by atoms with E-state index < -0.39 is 9.84 Å². The molecule has 3 nitrogen and oxygen atoms in total. The maximum Gasteiger partial charge on any atom is 0.153 e. The molecule has 0 spiro atoms. The summed E-state index contributed by atoms with van der Waals surface area (Å²) >= 11 is 0. The molecule has 1 heterocycles. The zero-order chi connectivity index (χ0) is 8.98. The molecule has 0 aromatic rings. The average molecular weight is 189 g/mol. The monoisotopic (exact) mass is 189 g/mol. The van der Waals surface area contributed by atoms with Gasteiger partial charge in [0.05, 0.1) is 11.0 Å². The Balaban J connectivity index is 2.26. The van der Waals surface area contributed by atoms with E-state index in [-0.39, 0.29) is 16.7 Å². The highest BCUT2D eigenvalue weighted by Gasteiger charge is 2.58. The summed E-state index contributed by atoms with van der Waals surface area (Å²) in [5, 5.41) is -0.139. The highest BCUT2D eigenvalue weighted by Crippen LogP contribution is 2.52. The summed E-state index contributed by atoms with van der Waals surface area (Å²) in [5.41, 5.74) is 5.65. The first-order valence-electron chi connectivity index (χ1n) is 4.44. The van der Waals surface area contributed by atoms with E-state index in [0.29, 0.717) is 5.75 Å². The number of hydrogen-bond acceptors (Lipinski definition) is 3. The molecule has 1 aliphatic carbocycles. The minimum atomic E-state index is -2.80. The van der Waals surface area contributed by atoms with Gasteiger partial charge >= 0.3 is 0 Å². The van der Waals surface area contributed by atoms with Gasteiger partial charge in [-0.2, -0.15) is 0 Å². The van der Waals surface area contributed by atoms with Gasteiger partial charge in [0.15, 0.2) is 9.84 Å². The van der Waals surface area contributed by atoms with Crippen LogP contribution in [0.4, 0.5) is 0 Å². The second-order valence-corrected chi connectivity index (χ2v) is 6.62. The Hall–Kier alpha value is -0.0900. The van der Waals surface area contributed by atoms with Gasteiger partial charge in [-0.3, -0.25) is 0 Å². The second kappa shape index (κ2) is 2.23. The SMILES string of the molecule is C[C@]1(C2CCCS2(=O)=O)C[C@@H]1N. The molecule has 0 amide bonds. The largest absolute Gasteiger partial charge is 0.327 e. The van der Waals surface area contributed by atoms with Gasteiger partial charge in [0.1, 0.15) is 0 Å². The van der Waals surface area contributed by atoms with Crippen LogP contribution >= 0.6 is 0 Å². The fraction of sp³-hybridized carbons (Fsp3) is 1.00. The highest BCUT2D eigenvalue weighted by atomic mass is 32.2. The Labute approximate surface area is 73.2 Å². The Kier molecular flexibility index (Phi) is 1.58. The van der Waals surface area contributed by atoms with Gasteiger partial charge in [-0.1, -0.05) is 6.92 Å². The summed E-state index contributed by atoms with van der Waals surface area (Å²) in [4.78, 5) is 0. The minimum Gasteiger partial charge on any atom is -0.327 e. The zero-order valence-electron chi connectivity index (χ0n) is 7.29. The first kappa shape index (κ1) is 8.51. The van der Waals surface area contributed by atoms with Gasteiger partial charge < -0.3 is 5.73 Å². The van der Waals surface area contributed by atoms with Crippen LogP contribution in [-0.2, 0) is 9.84 Å². The number of hydrogen-bond donors (Lipinski definition) is 1. The summed E-state index contributed by atoms with van der Waals surface area (Å²) in [7, 11) is -2.80. The molecule has 1 unspecified atom stereocenters. The van der Waals surface area contributed by atoms with Crippen molar-refractivity contribution in [1.29, 1.82) is 0 Å². The second-order valence-electron chi connectivity index (χ2n) is 4.31. The van der Waals surface area contributed by atoms with E-state index in [0.717, 1.165) is 19.3 Å². The molecule has 4 heteroatoms. The molecule has 0 aromatic carbocycles. The molecule has 70 valence electrons. The molecule has 1 saturated carbocycles. The Morgan fingerprint density at radius 2 is 2.08 bits per heavy atom. The molecule has 0 bridgehead atoms. The summed E-state index contributed by atoms with van der Waals surface area (Å²) in [6, 6.07) is 0.121. The van der Waals surface area contributed by atoms with Crippen LogP contribution in [-0.4, -0.2) is 25.5 Å². The topological polar surface area (TPSA) is 60.2 Å². The summed E-state index contributed by atoms with van der Waals surface area (Å²) < 4.78 is 23.1. The van der Waals surface area contributed by atoms with Crippen molar-refractivity contribution < 1.29 is 8.42 Å². The summed E-state index contributed by atoms with van der Waals surface area (Å²) in [5.74, 6) is 0.375. The summed E-state index contributed by atoms with van der Waals surface area (Å²) in [6.07, 6.45) is 2.54. The van der Waals surface area contributed by atoms with Gasteiger partial charge in [0.2, 0.25) is 0 Å². The lowest BCUT2D eigenvalue weighted by Gasteiger charge is -2.17. The Bertz CT molecular complexity index is 298. The van der Waals surface area contributed by atoms with Crippen LogP contribution < -0.4 is 5.73 Å². The van der Waals surface area contributed by atoms with Crippen LogP contribution in [0.1, 0.15) is 26.2 Å². The van der Waals surface area contributed by atoms with E-state index in [2.05, 4.69) is 0 Å². The van der Waals surface area contributed by atoms with Crippen LogP contribution in [0.25, 0.3) is 0 Å². The molecule has 2 aliphatic rings.